The Morgan fingerprint density at radius 3 is 2.53 bits per heavy atom. The Labute approximate surface area is 176 Å². The summed E-state index contributed by atoms with van der Waals surface area (Å²) >= 11 is 0. The van der Waals surface area contributed by atoms with Crippen LogP contribution < -0.4 is 15.0 Å². The Kier molecular flexibility index (Phi) is 6.41. The number of hydrogen-bond acceptors (Lipinski definition) is 4. The van der Waals surface area contributed by atoms with E-state index in [2.05, 4.69) is 22.5 Å². The van der Waals surface area contributed by atoms with Crippen LogP contribution in [0.4, 0.5) is 0 Å². The highest BCUT2D eigenvalue weighted by molar-refractivity contribution is 5.94. The molecule has 2 N–H and O–H groups in total. The van der Waals surface area contributed by atoms with Crippen LogP contribution in [0, 0.1) is 0 Å². The number of hydrogen-bond donors (Lipinski definition) is 2. The molecule has 3 aromatic rings. The maximum Gasteiger partial charge on any atom is 0.251 e. The summed E-state index contributed by atoms with van der Waals surface area (Å²) in [5.74, 6) is 0.754. The van der Waals surface area contributed by atoms with Crippen LogP contribution in [0.5, 0.6) is 5.75 Å². The monoisotopic (exact) mass is 407 g/mol. The second-order valence-corrected chi connectivity index (χ2v) is 7.30. The van der Waals surface area contributed by atoms with Crippen LogP contribution in [0.2, 0.25) is 0 Å². The summed E-state index contributed by atoms with van der Waals surface area (Å²) in [5, 5.41) is 7.34. The molecule has 1 aliphatic rings. The van der Waals surface area contributed by atoms with Gasteiger partial charge in [0.25, 0.3) is 5.91 Å². The van der Waals surface area contributed by atoms with Crippen LogP contribution in [-0.4, -0.2) is 55.6 Å². The highest BCUT2D eigenvalue weighted by Gasteiger charge is 2.27. The molecule has 0 aliphatic carbocycles. The summed E-state index contributed by atoms with van der Waals surface area (Å²) < 4.78 is 12.6. The van der Waals surface area contributed by atoms with E-state index in [1.54, 1.807) is 18.0 Å². The molecule has 156 valence electrons. The average molecular weight is 407 g/mol. The first-order chi connectivity index (χ1) is 14.7. The number of nitrogens with one attached hydrogen (secondary N) is 2. The van der Waals surface area contributed by atoms with Gasteiger partial charge in [0.2, 0.25) is 0 Å². The predicted molar refractivity (Wildman–Crippen MR) is 113 cm³/mol. The summed E-state index contributed by atoms with van der Waals surface area (Å²) in [6, 6.07) is 17.6. The number of nitrogens with zero attached hydrogens (tertiary/aromatic N) is 2. The van der Waals surface area contributed by atoms with Crippen LogP contribution in [0.1, 0.15) is 22.0 Å². The fourth-order valence-electron chi connectivity index (χ4n) is 3.80. The van der Waals surface area contributed by atoms with Gasteiger partial charge in [-0.25, -0.2) is 4.68 Å². The Morgan fingerprint density at radius 1 is 1.17 bits per heavy atom. The minimum Gasteiger partial charge on any atom is -0.497 e. The molecule has 1 amide bonds. The minimum atomic E-state index is -0.0758. The van der Waals surface area contributed by atoms with Crippen LogP contribution in [0.15, 0.2) is 67.0 Å². The number of quaternary nitrogens is 1. The molecule has 0 radical (unpaired) electrons. The summed E-state index contributed by atoms with van der Waals surface area (Å²) in [6.07, 6.45) is 3.60. The second kappa shape index (κ2) is 9.56. The van der Waals surface area contributed by atoms with Crippen molar-refractivity contribution in [1.82, 2.24) is 15.1 Å². The van der Waals surface area contributed by atoms with Crippen molar-refractivity contribution < 1.29 is 19.2 Å². The molecule has 1 fully saturated rings. The van der Waals surface area contributed by atoms with Gasteiger partial charge in [0.1, 0.15) is 24.9 Å². The standard InChI is InChI=1S/C23H26N4O3/c1-29-21-9-5-18(6-10-21)22(26-13-15-30-16-14-26)17-24-23(28)19-3-7-20(8-4-19)27-12-2-11-25-27/h2-12,22H,13-17H2,1H3,(H,24,28)/p+1/t22-/m0/s1. The van der Waals surface area contributed by atoms with Crippen molar-refractivity contribution >= 4 is 5.91 Å². The largest absolute Gasteiger partial charge is 0.497 e. The van der Waals surface area contributed by atoms with Crippen molar-refractivity contribution in [1.29, 1.82) is 0 Å². The van der Waals surface area contributed by atoms with Gasteiger partial charge in [-0.3, -0.25) is 4.79 Å². The number of amides is 1. The number of rotatable bonds is 7. The molecule has 2 aromatic carbocycles. The number of carbonyl (C=O) groups is 1. The maximum absolute atomic E-state index is 12.8. The SMILES string of the molecule is COc1ccc([C@H](CNC(=O)c2ccc(-n3cccn3)cc2)[NH+]2CCOCC2)cc1. The number of methoxy groups -OCH3 is 1. The first kappa shape index (κ1) is 20.1. The third-order valence-corrected chi connectivity index (χ3v) is 5.51. The lowest BCUT2D eigenvalue weighted by Gasteiger charge is -2.32. The molecule has 0 spiro atoms. The van der Waals surface area contributed by atoms with Crippen molar-refractivity contribution in [3.8, 4) is 11.4 Å². The Bertz CT molecular complexity index is 934. The van der Waals surface area contributed by atoms with Crippen molar-refractivity contribution in [2.24, 2.45) is 0 Å². The summed E-state index contributed by atoms with van der Waals surface area (Å²) in [5.41, 5.74) is 2.74. The van der Waals surface area contributed by atoms with Crippen molar-refractivity contribution in [3.63, 3.8) is 0 Å². The average Bonchev–Trinajstić information content (AvgIpc) is 3.35. The number of morpholine rings is 1. The van der Waals surface area contributed by atoms with Crippen LogP contribution in [-0.2, 0) is 4.74 Å². The van der Waals surface area contributed by atoms with E-state index < -0.39 is 0 Å². The van der Waals surface area contributed by atoms with Crippen molar-refractivity contribution in [2.75, 3.05) is 40.0 Å². The molecule has 4 rings (SSSR count). The molecular formula is C23H27N4O3+. The Morgan fingerprint density at radius 2 is 1.90 bits per heavy atom. The molecular weight excluding hydrogens is 380 g/mol. The smallest absolute Gasteiger partial charge is 0.251 e. The quantitative estimate of drug-likeness (QED) is 0.619. The van der Waals surface area contributed by atoms with E-state index in [4.69, 9.17) is 9.47 Å². The van der Waals surface area contributed by atoms with E-state index in [1.807, 2.05) is 48.7 Å². The first-order valence-electron chi connectivity index (χ1n) is 10.2. The topological polar surface area (TPSA) is 69.8 Å². The molecule has 1 atom stereocenters. The van der Waals surface area contributed by atoms with Crippen molar-refractivity contribution in [2.45, 2.75) is 6.04 Å². The lowest BCUT2D eigenvalue weighted by molar-refractivity contribution is -0.937. The van der Waals surface area contributed by atoms with Crippen LogP contribution in [0.3, 0.4) is 0 Å². The fraction of sp³-hybridized carbons (Fsp3) is 0.304. The molecule has 30 heavy (non-hydrogen) atoms. The third-order valence-electron chi connectivity index (χ3n) is 5.51. The van der Waals surface area contributed by atoms with Gasteiger partial charge in [0.05, 0.1) is 32.6 Å². The number of aromatic nitrogens is 2. The molecule has 0 bridgehead atoms. The van der Waals surface area contributed by atoms with E-state index in [-0.39, 0.29) is 11.9 Å². The Hall–Kier alpha value is -3.16. The number of ether oxygens (including phenoxy) is 2. The van der Waals surface area contributed by atoms with E-state index in [0.717, 1.165) is 37.7 Å². The van der Waals surface area contributed by atoms with Gasteiger partial charge >= 0.3 is 0 Å². The number of carbonyl (C=O) groups excluding carboxylic acids is 1. The molecule has 0 unspecified atom stereocenters. The number of benzene rings is 2. The van der Waals surface area contributed by atoms with Gasteiger partial charge < -0.3 is 19.7 Å². The molecule has 0 saturated carbocycles. The van der Waals surface area contributed by atoms with Gasteiger partial charge in [0, 0.05) is 23.5 Å². The van der Waals surface area contributed by atoms with Gasteiger partial charge in [0.15, 0.2) is 0 Å². The lowest BCUT2D eigenvalue weighted by Crippen LogP contribution is -3.15. The first-order valence-corrected chi connectivity index (χ1v) is 10.2. The zero-order valence-electron chi connectivity index (χ0n) is 17.1. The normalized spacial score (nSPS) is 15.5. The fourth-order valence-corrected chi connectivity index (χ4v) is 3.80. The minimum absolute atomic E-state index is 0.0758. The molecule has 7 nitrogen and oxygen atoms in total. The van der Waals surface area contributed by atoms with E-state index in [9.17, 15) is 4.79 Å². The van der Waals surface area contributed by atoms with E-state index in [1.165, 1.54) is 10.5 Å². The van der Waals surface area contributed by atoms with Gasteiger partial charge in [-0.15, -0.1) is 0 Å². The van der Waals surface area contributed by atoms with Gasteiger partial charge in [-0.05, 0) is 54.6 Å². The van der Waals surface area contributed by atoms with Gasteiger partial charge in [-0.2, -0.15) is 5.10 Å². The van der Waals surface area contributed by atoms with Crippen LogP contribution >= 0.6 is 0 Å². The summed E-state index contributed by atoms with van der Waals surface area (Å²) in [6.45, 7) is 3.88. The maximum atomic E-state index is 12.8. The van der Waals surface area contributed by atoms with Crippen LogP contribution in [0.25, 0.3) is 5.69 Å². The lowest BCUT2D eigenvalue weighted by atomic mass is 10.0. The molecule has 1 aliphatic heterocycles. The second-order valence-electron chi connectivity index (χ2n) is 7.30. The molecule has 7 heteroatoms. The molecule has 1 aromatic heterocycles. The van der Waals surface area contributed by atoms with Gasteiger partial charge in [-0.1, -0.05) is 0 Å². The molecule has 1 saturated heterocycles. The Balaban J connectivity index is 1.45. The highest BCUT2D eigenvalue weighted by atomic mass is 16.5. The summed E-state index contributed by atoms with van der Waals surface area (Å²) in [4.78, 5) is 14.2. The van der Waals surface area contributed by atoms with Crippen molar-refractivity contribution in [3.05, 3.63) is 78.1 Å². The van der Waals surface area contributed by atoms with E-state index in [0.29, 0.717) is 12.1 Å². The summed E-state index contributed by atoms with van der Waals surface area (Å²) in [7, 11) is 1.66. The zero-order chi connectivity index (χ0) is 20.8. The molecule has 2 heterocycles. The highest BCUT2D eigenvalue weighted by Crippen LogP contribution is 2.16. The zero-order valence-corrected chi connectivity index (χ0v) is 17.1. The third kappa shape index (κ3) is 4.69. The van der Waals surface area contributed by atoms with E-state index >= 15 is 0 Å². The predicted octanol–water partition coefficient (Wildman–Crippen LogP) is 1.27.